The van der Waals surface area contributed by atoms with Crippen molar-refractivity contribution in [3.8, 4) is 0 Å². The van der Waals surface area contributed by atoms with Crippen molar-refractivity contribution in [2.24, 2.45) is 0 Å². The molecule has 2 aromatic rings. The van der Waals surface area contributed by atoms with E-state index >= 15 is 0 Å². The molecule has 0 spiro atoms. The molecular formula is C16H22N4O. The van der Waals surface area contributed by atoms with Crippen molar-refractivity contribution in [1.82, 2.24) is 14.7 Å². The summed E-state index contributed by atoms with van der Waals surface area (Å²) in [7, 11) is 4.04. The van der Waals surface area contributed by atoms with E-state index in [4.69, 9.17) is 0 Å². The van der Waals surface area contributed by atoms with Crippen LogP contribution in [0.3, 0.4) is 0 Å². The standard InChI is InChI=1S/C16H22N4O/c1-12-7-13(2)9-14(8-12)16(21)18-15-10-17-20(11-15)6-5-19(3)4/h7-11H,5-6H2,1-4H3,(H,18,21). The van der Waals surface area contributed by atoms with E-state index in [0.29, 0.717) is 5.56 Å². The topological polar surface area (TPSA) is 50.2 Å². The molecule has 0 aliphatic carbocycles. The smallest absolute Gasteiger partial charge is 0.255 e. The molecule has 0 aliphatic heterocycles. The second-order valence-electron chi connectivity index (χ2n) is 5.63. The molecule has 1 heterocycles. The van der Waals surface area contributed by atoms with Gasteiger partial charge in [-0.15, -0.1) is 0 Å². The Labute approximate surface area is 125 Å². The monoisotopic (exact) mass is 286 g/mol. The van der Waals surface area contributed by atoms with Crippen molar-refractivity contribution in [2.75, 3.05) is 26.0 Å². The molecule has 0 saturated carbocycles. The number of aromatic nitrogens is 2. The van der Waals surface area contributed by atoms with Gasteiger partial charge in [0.15, 0.2) is 0 Å². The Hall–Kier alpha value is -2.14. The first kappa shape index (κ1) is 15.3. The highest BCUT2D eigenvalue weighted by molar-refractivity contribution is 6.04. The van der Waals surface area contributed by atoms with Crippen LogP contribution in [0, 0.1) is 13.8 Å². The van der Waals surface area contributed by atoms with Gasteiger partial charge in [-0.05, 0) is 40.1 Å². The average molecular weight is 286 g/mol. The largest absolute Gasteiger partial charge is 0.319 e. The van der Waals surface area contributed by atoms with Crippen molar-refractivity contribution in [3.05, 3.63) is 47.3 Å². The summed E-state index contributed by atoms with van der Waals surface area (Å²) in [5, 5.41) is 7.13. The fraction of sp³-hybridized carbons (Fsp3) is 0.375. The maximum absolute atomic E-state index is 12.2. The predicted octanol–water partition coefficient (Wildman–Crippen LogP) is 2.31. The fourth-order valence-electron chi connectivity index (χ4n) is 2.16. The molecule has 0 unspecified atom stereocenters. The lowest BCUT2D eigenvalue weighted by molar-refractivity contribution is 0.102. The van der Waals surface area contributed by atoms with Gasteiger partial charge in [-0.3, -0.25) is 9.48 Å². The third-order valence-corrected chi connectivity index (χ3v) is 3.15. The molecular weight excluding hydrogens is 264 g/mol. The molecule has 5 nitrogen and oxygen atoms in total. The lowest BCUT2D eigenvalue weighted by Gasteiger charge is -2.08. The van der Waals surface area contributed by atoms with Gasteiger partial charge in [-0.2, -0.15) is 5.10 Å². The van der Waals surface area contributed by atoms with Gasteiger partial charge in [0.2, 0.25) is 0 Å². The minimum absolute atomic E-state index is 0.103. The van der Waals surface area contributed by atoms with Crippen LogP contribution in [0.1, 0.15) is 21.5 Å². The zero-order chi connectivity index (χ0) is 15.4. The Morgan fingerprint density at radius 3 is 2.52 bits per heavy atom. The number of likely N-dealkylation sites (N-methyl/N-ethyl adjacent to an activating group) is 1. The van der Waals surface area contributed by atoms with E-state index in [1.54, 1.807) is 6.20 Å². The summed E-state index contributed by atoms with van der Waals surface area (Å²) >= 11 is 0. The van der Waals surface area contributed by atoms with E-state index < -0.39 is 0 Å². The first-order chi connectivity index (χ1) is 9.94. The van der Waals surface area contributed by atoms with Crippen LogP contribution in [0.25, 0.3) is 0 Å². The van der Waals surface area contributed by atoms with Crippen molar-refractivity contribution < 1.29 is 4.79 Å². The summed E-state index contributed by atoms with van der Waals surface area (Å²) in [5.41, 5.74) is 3.56. The zero-order valence-corrected chi connectivity index (χ0v) is 13.1. The van der Waals surface area contributed by atoms with Crippen LogP contribution in [-0.2, 0) is 6.54 Å². The summed E-state index contributed by atoms with van der Waals surface area (Å²) in [6, 6.07) is 5.83. The van der Waals surface area contributed by atoms with Crippen LogP contribution in [-0.4, -0.2) is 41.2 Å². The van der Waals surface area contributed by atoms with E-state index in [9.17, 15) is 4.79 Å². The molecule has 0 radical (unpaired) electrons. The van der Waals surface area contributed by atoms with Gasteiger partial charge < -0.3 is 10.2 Å². The van der Waals surface area contributed by atoms with Gasteiger partial charge in [0.05, 0.1) is 18.4 Å². The molecule has 5 heteroatoms. The van der Waals surface area contributed by atoms with Gasteiger partial charge in [0.1, 0.15) is 0 Å². The number of carbonyl (C=O) groups excluding carboxylic acids is 1. The number of hydrogen-bond acceptors (Lipinski definition) is 3. The highest BCUT2D eigenvalue weighted by Crippen LogP contribution is 2.12. The Morgan fingerprint density at radius 2 is 1.90 bits per heavy atom. The molecule has 0 bridgehead atoms. The highest BCUT2D eigenvalue weighted by atomic mass is 16.1. The maximum Gasteiger partial charge on any atom is 0.255 e. The number of hydrogen-bond donors (Lipinski definition) is 1. The molecule has 0 atom stereocenters. The van der Waals surface area contributed by atoms with Crippen LogP contribution < -0.4 is 5.32 Å². The minimum atomic E-state index is -0.103. The van der Waals surface area contributed by atoms with Gasteiger partial charge >= 0.3 is 0 Å². The van der Waals surface area contributed by atoms with E-state index in [2.05, 4.69) is 21.4 Å². The SMILES string of the molecule is Cc1cc(C)cc(C(=O)Nc2cnn(CCN(C)C)c2)c1. The highest BCUT2D eigenvalue weighted by Gasteiger charge is 2.08. The number of rotatable bonds is 5. The lowest BCUT2D eigenvalue weighted by atomic mass is 10.1. The number of nitrogens with zero attached hydrogens (tertiary/aromatic N) is 3. The van der Waals surface area contributed by atoms with Gasteiger partial charge in [-0.25, -0.2) is 0 Å². The first-order valence-electron chi connectivity index (χ1n) is 7.01. The van der Waals surface area contributed by atoms with Crippen LogP contribution >= 0.6 is 0 Å². The van der Waals surface area contributed by atoms with Gasteiger partial charge in [0, 0.05) is 18.3 Å². The predicted molar refractivity (Wildman–Crippen MR) is 84.7 cm³/mol. The number of benzene rings is 1. The second kappa shape index (κ2) is 6.54. The fourth-order valence-corrected chi connectivity index (χ4v) is 2.16. The van der Waals surface area contributed by atoms with E-state index in [0.717, 1.165) is 29.9 Å². The molecule has 21 heavy (non-hydrogen) atoms. The molecule has 1 N–H and O–H groups in total. The van der Waals surface area contributed by atoms with Crippen molar-refractivity contribution >= 4 is 11.6 Å². The molecule has 1 amide bonds. The van der Waals surface area contributed by atoms with E-state index in [1.807, 2.05) is 51.0 Å². The number of amides is 1. The summed E-state index contributed by atoms with van der Waals surface area (Å²) in [5.74, 6) is -0.103. The quantitative estimate of drug-likeness (QED) is 0.917. The Kier molecular flexibility index (Phi) is 4.75. The normalized spacial score (nSPS) is 10.9. The second-order valence-corrected chi connectivity index (χ2v) is 5.63. The lowest BCUT2D eigenvalue weighted by Crippen LogP contribution is -2.18. The Morgan fingerprint density at radius 1 is 1.24 bits per heavy atom. The van der Waals surface area contributed by atoms with Gasteiger partial charge in [-0.1, -0.05) is 17.2 Å². The van der Waals surface area contributed by atoms with E-state index in [-0.39, 0.29) is 5.91 Å². The van der Waals surface area contributed by atoms with Crippen LogP contribution in [0.5, 0.6) is 0 Å². The molecule has 2 rings (SSSR count). The Balaban J connectivity index is 2.02. The van der Waals surface area contributed by atoms with Gasteiger partial charge in [0.25, 0.3) is 5.91 Å². The summed E-state index contributed by atoms with van der Waals surface area (Å²) < 4.78 is 1.83. The molecule has 0 aliphatic rings. The third kappa shape index (κ3) is 4.43. The molecule has 0 fully saturated rings. The number of aryl methyl sites for hydroxylation is 2. The van der Waals surface area contributed by atoms with E-state index in [1.165, 1.54) is 0 Å². The third-order valence-electron chi connectivity index (χ3n) is 3.15. The molecule has 1 aromatic carbocycles. The number of anilines is 1. The summed E-state index contributed by atoms with van der Waals surface area (Å²) in [6.45, 7) is 5.69. The maximum atomic E-state index is 12.2. The average Bonchev–Trinajstić information content (AvgIpc) is 2.83. The molecule has 1 aromatic heterocycles. The Bertz CT molecular complexity index is 611. The van der Waals surface area contributed by atoms with Crippen LogP contribution in [0.2, 0.25) is 0 Å². The van der Waals surface area contributed by atoms with Crippen LogP contribution in [0.4, 0.5) is 5.69 Å². The number of carbonyl (C=O) groups is 1. The van der Waals surface area contributed by atoms with Crippen molar-refractivity contribution in [3.63, 3.8) is 0 Å². The summed E-state index contributed by atoms with van der Waals surface area (Å²) in [4.78, 5) is 14.3. The molecule has 112 valence electrons. The first-order valence-corrected chi connectivity index (χ1v) is 7.01. The van der Waals surface area contributed by atoms with Crippen LogP contribution in [0.15, 0.2) is 30.6 Å². The molecule has 0 saturated heterocycles. The minimum Gasteiger partial charge on any atom is -0.319 e. The zero-order valence-electron chi connectivity index (χ0n) is 13.1. The number of nitrogens with one attached hydrogen (secondary N) is 1. The summed E-state index contributed by atoms with van der Waals surface area (Å²) in [6.07, 6.45) is 3.53. The van der Waals surface area contributed by atoms with Crippen molar-refractivity contribution in [1.29, 1.82) is 0 Å². The van der Waals surface area contributed by atoms with Crippen molar-refractivity contribution in [2.45, 2.75) is 20.4 Å².